The maximum atomic E-state index is 12.6. The summed E-state index contributed by atoms with van der Waals surface area (Å²) in [7, 11) is 0. The van der Waals surface area contributed by atoms with Crippen LogP contribution in [0, 0.1) is 0 Å². The molecular formula is C18H18N2O3S. The molecule has 2 heterocycles. The molecule has 1 fully saturated rings. The molecule has 0 radical (unpaired) electrons. The number of nitrogens with zero attached hydrogens (tertiary/aromatic N) is 1. The van der Waals surface area contributed by atoms with Crippen LogP contribution in [-0.2, 0) is 0 Å². The van der Waals surface area contributed by atoms with Crippen LogP contribution in [0.5, 0.6) is 11.5 Å². The highest BCUT2D eigenvalue weighted by molar-refractivity contribution is 7.99. The van der Waals surface area contributed by atoms with E-state index in [1.165, 1.54) is 0 Å². The Balaban J connectivity index is 1.53. The van der Waals surface area contributed by atoms with E-state index in [-0.39, 0.29) is 11.4 Å². The molecule has 24 heavy (non-hydrogen) atoms. The van der Waals surface area contributed by atoms with Crippen molar-refractivity contribution < 1.29 is 14.3 Å². The fourth-order valence-corrected chi connectivity index (χ4v) is 4.13. The highest BCUT2D eigenvalue weighted by Gasteiger charge is 2.31. The molecule has 0 aliphatic carbocycles. The number of anilines is 1. The van der Waals surface area contributed by atoms with Gasteiger partial charge in [-0.2, -0.15) is 0 Å². The Labute approximate surface area is 144 Å². The van der Waals surface area contributed by atoms with Crippen molar-refractivity contribution in [3.63, 3.8) is 0 Å². The highest BCUT2D eigenvalue weighted by Crippen LogP contribution is 2.41. The number of hydrogen-bond acceptors (Lipinski definition) is 4. The molecule has 5 nitrogen and oxygen atoms in total. The zero-order chi connectivity index (χ0) is 16.4. The van der Waals surface area contributed by atoms with Crippen molar-refractivity contribution >= 4 is 23.5 Å². The number of para-hydroxylation sites is 1. The van der Waals surface area contributed by atoms with Gasteiger partial charge in [0.2, 0.25) is 0 Å². The lowest BCUT2D eigenvalue weighted by Crippen LogP contribution is -2.34. The second kappa shape index (κ2) is 6.65. The van der Waals surface area contributed by atoms with E-state index in [9.17, 15) is 4.79 Å². The summed E-state index contributed by atoms with van der Waals surface area (Å²) in [5.74, 6) is 2.45. The van der Waals surface area contributed by atoms with Crippen molar-refractivity contribution in [1.29, 1.82) is 0 Å². The minimum Gasteiger partial charge on any atom is -0.486 e. The first-order chi connectivity index (χ1) is 11.8. The molecule has 124 valence electrons. The van der Waals surface area contributed by atoms with Crippen LogP contribution in [0.25, 0.3) is 0 Å². The second-order valence-electron chi connectivity index (χ2n) is 5.62. The van der Waals surface area contributed by atoms with Gasteiger partial charge in [-0.1, -0.05) is 24.3 Å². The summed E-state index contributed by atoms with van der Waals surface area (Å²) in [6, 6.07) is 15.4. The lowest BCUT2D eigenvalue weighted by Gasteiger charge is -2.26. The minimum atomic E-state index is -0.0777. The van der Waals surface area contributed by atoms with E-state index in [2.05, 4.69) is 5.32 Å². The summed E-state index contributed by atoms with van der Waals surface area (Å²) < 4.78 is 11.2. The molecule has 1 N–H and O–H groups in total. The number of nitrogens with one attached hydrogen (secondary N) is 1. The second-order valence-corrected chi connectivity index (χ2v) is 6.80. The van der Waals surface area contributed by atoms with Gasteiger partial charge < -0.3 is 19.7 Å². The lowest BCUT2D eigenvalue weighted by molar-refractivity contribution is 0.171. The van der Waals surface area contributed by atoms with Crippen molar-refractivity contribution in [2.24, 2.45) is 0 Å². The number of ether oxygens (including phenoxy) is 2. The number of rotatable bonds is 2. The van der Waals surface area contributed by atoms with Crippen molar-refractivity contribution in [3.05, 3.63) is 54.1 Å². The molecule has 1 unspecified atom stereocenters. The smallest absolute Gasteiger partial charge is 0.323 e. The fraction of sp³-hybridized carbons (Fsp3) is 0.278. The van der Waals surface area contributed by atoms with Gasteiger partial charge in [0.05, 0.1) is 0 Å². The Kier molecular flexibility index (Phi) is 4.21. The summed E-state index contributed by atoms with van der Waals surface area (Å²) >= 11 is 1.76. The molecule has 0 bridgehead atoms. The van der Waals surface area contributed by atoms with Gasteiger partial charge in [-0.15, -0.1) is 11.8 Å². The summed E-state index contributed by atoms with van der Waals surface area (Å²) in [5, 5.41) is 2.95. The van der Waals surface area contributed by atoms with Gasteiger partial charge in [0, 0.05) is 18.0 Å². The maximum Gasteiger partial charge on any atom is 0.323 e. The molecule has 0 spiro atoms. The average molecular weight is 342 g/mol. The van der Waals surface area contributed by atoms with Crippen LogP contribution >= 0.6 is 11.8 Å². The minimum absolute atomic E-state index is 0.00969. The van der Waals surface area contributed by atoms with E-state index in [0.29, 0.717) is 13.2 Å². The number of thioether (sulfide) groups is 1. The first-order valence-electron chi connectivity index (χ1n) is 7.95. The Morgan fingerprint density at radius 1 is 1.08 bits per heavy atom. The molecule has 1 atom stereocenters. The number of hydrogen-bond donors (Lipinski definition) is 1. The monoisotopic (exact) mass is 342 g/mol. The Morgan fingerprint density at radius 2 is 1.88 bits per heavy atom. The number of benzene rings is 2. The topological polar surface area (TPSA) is 50.8 Å². The average Bonchev–Trinajstić information content (AvgIpc) is 3.12. The van der Waals surface area contributed by atoms with Crippen molar-refractivity contribution in [2.75, 3.05) is 30.8 Å². The third-order valence-electron chi connectivity index (χ3n) is 4.03. The van der Waals surface area contributed by atoms with E-state index in [4.69, 9.17) is 9.47 Å². The van der Waals surface area contributed by atoms with E-state index < -0.39 is 0 Å². The van der Waals surface area contributed by atoms with Crippen molar-refractivity contribution in [2.45, 2.75) is 5.37 Å². The van der Waals surface area contributed by atoms with Crippen molar-refractivity contribution in [1.82, 2.24) is 4.90 Å². The molecular weight excluding hydrogens is 324 g/mol. The van der Waals surface area contributed by atoms with Gasteiger partial charge in [0.15, 0.2) is 11.5 Å². The Hall–Kier alpha value is -2.34. The first kappa shape index (κ1) is 15.2. The van der Waals surface area contributed by atoms with Crippen LogP contribution in [-0.4, -0.2) is 36.4 Å². The van der Waals surface area contributed by atoms with Gasteiger partial charge in [0.1, 0.15) is 18.6 Å². The van der Waals surface area contributed by atoms with Gasteiger partial charge in [0.25, 0.3) is 0 Å². The van der Waals surface area contributed by atoms with E-state index >= 15 is 0 Å². The summed E-state index contributed by atoms with van der Waals surface area (Å²) in [6.07, 6.45) is 0. The van der Waals surface area contributed by atoms with Crippen molar-refractivity contribution in [3.8, 4) is 11.5 Å². The molecule has 6 heteroatoms. The largest absolute Gasteiger partial charge is 0.486 e. The van der Waals surface area contributed by atoms with Crippen LogP contribution in [0.1, 0.15) is 10.9 Å². The zero-order valence-corrected chi connectivity index (χ0v) is 13.9. The maximum absolute atomic E-state index is 12.6. The van der Waals surface area contributed by atoms with Crippen LogP contribution in [0.4, 0.5) is 10.5 Å². The molecule has 0 saturated carbocycles. The van der Waals surface area contributed by atoms with Gasteiger partial charge in [-0.25, -0.2) is 4.79 Å². The predicted octanol–water partition coefficient (Wildman–Crippen LogP) is 3.74. The van der Waals surface area contributed by atoms with Crippen LogP contribution in [0.3, 0.4) is 0 Å². The van der Waals surface area contributed by atoms with Gasteiger partial charge in [-0.3, -0.25) is 0 Å². The predicted molar refractivity (Wildman–Crippen MR) is 94.8 cm³/mol. The Morgan fingerprint density at radius 3 is 2.71 bits per heavy atom. The SMILES string of the molecule is O=C(Nc1ccccc1)N1CCSC1c1ccc2c(c1)OCCO2. The standard InChI is InChI=1S/C18H18N2O3S/c21-18(19-14-4-2-1-3-5-14)20-8-11-24-17(20)13-6-7-15-16(12-13)23-10-9-22-15/h1-7,12,17H,8-11H2,(H,19,21). The molecule has 4 rings (SSSR count). The van der Waals surface area contributed by atoms with E-state index in [0.717, 1.165) is 35.0 Å². The van der Waals surface area contributed by atoms with Crippen LogP contribution in [0.15, 0.2) is 48.5 Å². The number of fused-ring (bicyclic) bond motifs is 1. The molecule has 2 aliphatic rings. The molecule has 2 aromatic rings. The molecule has 1 saturated heterocycles. The quantitative estimate of drug-likeness (QED) is 0.903. The van der Waals surface area contributed by atoms with Gasteiger partial charge >= 0.3 is 6.03 Å². The van der Waals surface area contributed by atoms with E-state index in [1.54, 1.807) is 11.8 Å². The first-order valence-corrected chi connectivity index (χ1v) is 9.00. The zero-order valence-electron chi connectivity index (χ0n) is 13.1. The summed E-state index contributed by atoms with van der Waals surface area (Å²) in [4.78, 5) is 14.5. The molecule has 2 aliphatic heterocycles. The summed E-state index contributed by atoms with van der Waals surface area (Å²) in [5.41, 5.74) is 1.87. The summed E-state index contributed by atoms with van der Waals surface area (Å²) in [6.45, 7) is 1.87. The third kappa shape index (κ3) is 3.01. The van der Waals surface area contributed by atoms with E-state index in [1.807, 2.05) is 53.4 Å². The number of carbonyl (C=O) groups excluding carboxylic acids is 1. The van der Waals surface area contributed by atoms with Crippen LogP contribution in [0.2, 0.25) is 0 Å². The third-order valence-corrected chi connectivity index (χ3v) is 5.29. The fourth-order valence-electron chi connectivity index (χ4n) is 2.88. The van der Waals surface area contributed by atoms with Crippen LogP contribution < -0.4 is 14.8 Å². The molecule has 0 aromatic heterocycles. The molecule has 2 amide bonds. The number of carbonyl (C=O) groups is 1. The molecule has 2 aromatic carbocycles. The Bertz CT molecular complexity index is 738. The number of amides is 2. The van der Waals surface area contributed by atoms with Gasteiger partial charge in [-0.05, 0) is 29.8 Å². The lowest BCUT2D eigenvalue weighted by atomic mass is 10.1. The highest BCUT2D eigenvalue weighted by atomic mass is 32.2. The number of urea groups is 1. The normalized spacial score (nSPS) is 19.2.